The number of hydrogen-bond donors (Lipinski definition) is 2. The molecule has 0 saturated heterocycles. The lowest BCUT2D eigenvalue weighted by Gasteiger charge is -2.21. The Morgan fingerprint density at radius 3 is 2.38 bits per heavy atom. The third-order valence-electron chi connectivity index (χ3n) is 3.17. The summed E-state index contributed by atoms with van der Waals surface area (Å²) in [5.41, 5.74) is 0.940. The largest absolute Gasteiger partial charge is 0.370 e. The van der Waals surface area contributed by atoms with E-state index in [0.29, 0.717) is 0 Å². The summed E-state index contributed by atoms with van der Waals surface area (Å²) >= 11 is 0. The van der Waals surface area contributed by atoms with Crippen LogP contribution in [0, 0.1) is 6.92 Å². The van der Waals surface area contributed by atoms with Crippen LogP contribution in [-0.2, 0) is 11.2 Å². The maximum Gasteiger partial charge on any atom is 0.244 e. The molecule has 0 radical (unpaired) electrons. The molecule has 0 saturated carbocycles. The topological polar surface area (TPSA) is 70.2 Å². The fraction of sp³-hybridized carbons (Fsp3) is 0.667. The lowest BCUT2D eigenvalue weighted by Crippen LogP contribution is -2.37. The molecule has 1 amide bonds. The molecule has 118 valence electrons. The van der Waals surface area contributed by atoms with E-state index in [4.69, 9.17) is 0 Å². The van der Waals surface area contributed by atoms with Crippen LogP contribution in [0.2, 0.25) is 0 Å². The first-order valence-corrected chi connectivity index (χ1v) is 7.49. The predicted molar refractivity (Wildman–Crippen MR) is 86.7 cm³/mol. The van der Waals surface area contributed by atoms with Gasteiger partial charge in [-0.2, -0.15) is 0 Å². The van der Waals surface area contributed by atoms with Crippen molar-refractivity contribution in [3.8, 4) is 0 Å². The molecule has 2 N–H and O–H groups in total. The highest BCUT2D eigenvalue weighted by atomic mass is 16.2. The van der Waals surface area contributed by atoms with Crippen molar-refractivity contribution < 1.29 is 4.79 Å². The molecule has 0 aliphatic rings. The lowest BCUT2D eigenvalue weighted by atomic mass is 10.2. The molecule has 1 unspecified atom stereocenters. The number of aromatic nitrogens is 2. The Bertz CT molecular complexity index is 487. The summed E-state index contributed by atoms with van der Waals surface area (Å²) in [6.07, 6.45) is 1.81. The molecule has 0 aromatic carbocycles. The number of nitrogens with zero attached hydrogens (tertiary/aromatic N) is 3. The molecule has 1 atom stereocenters. The third kappa shape index (κ3) is 4.58. The number of nitrogens with one attached hydrogen (secondary N) is 2. The lowest BCUT2D eigenvalue weighted by molar-refractivity contribution is -0.129. The van der Waals surface area contributed by atoms with Crippen molar-refractivity contribution in [1.82, 2.24) is 14.9 Å². The molecule has 1 aromatic heterocycles. The van der Waals surface area contributed by atoms with Crippen molar-refractivity contribution in [3.63, 3.8) is 0 Å². The van der Waals surface area contributed by atoms with Gasteiger partial charge in [-0.05, 0) is 27.2 Å². The number of likely N-dealkylation sites (N-methyl/N-ethyl adjacent to an activating group) is 1. The van der Waals surface area contributed by atoms with Crippen LogP contribution in [0.25, 0.3) is 0 Å². The van der Waals surface area contributed by atoms with Gasteiger partial charge >= 0.3 is 0 Å². The Kier molecular flexibility index (Phi) is 6.39. The Labute approximate surface area is 127 Å². The molecule has 6 nitrogen and oxygen atoms in total. The molecular weight excluding hydrogens is 266 g/mol. The number of rotatable bonds is 7. The molecule has 0 fully saturated rings. The standard InChI is InChI=1S/C15H27N5O/c1-7-9-12-18-13(16-8-2)10(3)14(19-12)17-11(4)15(21)20(5)6/h11H,7-9H2,1-6H3,(H2,16,17,18,19). The zero-order chi connectivity index (χ0) is 16.0. The van der Waals surface area contributed by atoms with E-state index in [1.807, 2.05) is 20.8 Å². The van der Waals surface area contributed by atoms with Gasteiger partial charge in [-0.15, -0.1) is 0 Å². The summed E-state index contributed by atoms with van der Waals surface area (Å²) in [6.45, 7) is 8.74. The second-order valence-electron chi connectivity index (χ2n) is 5.34. The molecule has 0 aliphatic heterocycles. The van der Waals surface area contributed by atoms with Gasteiger partial charge in [0, 0.05) is 32.6 Å². The Morgan fingerprint density at radius 2 is 1.86 bits per heavy atom. The molecule has 0 spiro atoms. The van der Waals surface area contributed by atoms with Gasteiger partial charge < -0.3 is 15.5 Å². The number of carbonyl (C=O) groups is 1. The van der Waals surface area contributed by atoms with Gasteiger partial charge in [-0.3, -0.25) is 4.79 Å². The minimum atomic E-state index is -0.322. The number of amides is 1. The van der Waals surface area contributed by atoms with Crippen LogP contribution < -0.4 is 10.6 Å². The second-order valence-corrected chi connectivity index (χ2v) is 5.34. The van der Waals surface area contributed by atoms with Crippen molar-refractivity contribution in [1.29, 1.82) is 0 Å². The van der Waals surface area contributed by atoms with E-state index < -0.39 is 0 Å². The quantitative estimate of drug-likeness (QED) is 0.805. The fourth-order valence-electron chi connectivity index (χ4n) is 2.03. The Morgan fingerprint density at radius 1 is 1.24 bits per heavy atom. The minimum Gasteiger partial charge on any atom is -0.370 e. The molecule has 1 heterocycles. The number of carbonyl (C=O) groups excluding carboxylic acids is 1. The van der Waals surface area contributed by atoms with Gasteiger partial charge in [0.2, 0.25) is 5.91 Å². The van der Waals surface area contributed by atoms with Crippen LogP contribution in [0.3, 0.4) is 0 Å². The molecule has 0 aliphatic carbocycles. The van der Waals surface area contributed by atoms with E-state index >= 15 is 0 Å². The molecule has 1 rings (SSSR count). The average Bonchev–Trinajstić information content (AvgIpc) is 2.43. The fourth-order valence-corrected chi connectivity index (χ4v) is 2.03. The van der Waals surface area contributed by atoms with E-state index in [1.54, 1.807) is 19.0 Å². The average molecular weight is 293 g/mol. The highest BCUT2D eigenvalue weighted by molar-refractivity contribution is 5.84. The van der Waals surface area contributed by atoms with Crippen LogP contribution in [0.1, 0.15) is 38.6 Å². The Balaban J connectivity index is 3.06. The van der Waals surface area contributed by atoms with Gasteiger partial charge in [0.15, 0.2) is 0 Å². The van der Waals surface area contributed by atoms with Crippen LogP contribution in [0.5, 0.6) is 0 Å². The van der Waals surface area contributed by atoms with Gasteiger partial charge in [0.1, 0.15) is 23.5 Å². The van der Waals surface area contributed by atoms with E-state index in [9.17, 15) is 4.79 Å². The highest BCUT2D eigenvalue weighted by Crippen LogP contribution is 2.21. The van der Waals surface area contributed by atoms with Crippen LogP contribution in [0.15, 0.2) is 0 Å². The molecule has 6 heteroatoms. The minimum absolute atomic E-state index is 0.0232. The van der Waals surface area contributed by atoms with Crippen molar-refractivity contribution in [2.24, 2.45) is 0 Å². The summed E-state index contributed by atoms with van der Waals surface area (Å²) in [5, 5.41) is 6.46. The summed E-state index contributed by atoms with van der Waals surface area (Å²) in [7, 11) is 3.50. The van der Waals surface area contributed by atoms with Crippen molar-refractivity contribution in [3.05, 3.63) is 11.4 Å². The molecule has 0 bridgehead atoms. The van der Waals surface area contributed by atoms with E-state index in [-0.39, 0.29) is 11.9 Å². The second kappa shape index (κ2) is 7.81. The monoisotopic (exact) mass is 293 g/mol. The first-order valence-electron chi connectivity index (χ1n) is 7.49. The first kappa shape index (κ1) is 17.2. The van der Waals surface area contributed by atoms with Crippen molar-refractivity contribution in [2.75, 3.05) is 31.3 Å². The number of hydrogen-bond acceptors (Lipinski definition) is 5. The summed E-state index contributed by atoms with van der Waals surface area (Å²) in [4.78, 5) is 22.7. The van der Waals surface area contributed by atoms with Gasteiger partial charge in [-0.25, -0.2) is 9.97 Å². The summed E-state index contributed by atoms with van der Waals surface area (Å²) in [6, 6.07) is -0.322. The van der Waals surface area contributed by atoms with Gasteiger partial charge in [0.05, 0.1) is 0 Å². The molecular formula is C15H27N5O. The van der Waals surface area contributed by atoms with Crippen LogP contribution in [0.4, 0.5) is 11.6 Å². The third-order valence-corrected chi connectivity index (χ3v) is 3.17. The van der Waals surface area contributed by atoms with Crippen LogP contribution >= 0.6 is 0 Å². The number of aryl methyl sites for hydroxylation is 1. The maximum absolute atomic E-state index is 12.0. The smallest absolute Gasteiger partial charge is 0.244 e. The zero-order valence-electron chi connectivity index (χ0n) is 13.9. The normalized spacial score (nSPS) is 11.9. The van der Waals surface area contributed by atoms with Gasteiger partial charge in [-0.1, -0.05) is 6.92 Å². The number of anilines is 2. The summed E-state index contributed by atoms with van der Waals surface area (Å²) in [5.74, 6) is 2.39. The van der Waals surface area contributed by atoms with E-state index in [2.05, 4.69) is 27.5 Å². The summed E-state index contributed by atoms with van der Waals surface area (Å²) < 4.78 is 0. The molecule has 1 aromatic rings. The van der Waals surface area contributed by atoms with Crippen molar-refractivity contribution in [2.45, 2.75) is 46.6 Å². The first-order chi connectivity index (χ1) is 9.90. The van der Waals surface area contributed by atoms with Crippen LogP contribution in [-0.4, -0.2) is 47.5 Å². The maximum atomic E-state index is 12.0. The SMILES string of the molecule is CCCc1nc(NCC)c(C)c(NC(C)C(=O)N(C)C)n1. The predicted octanol–water partition coefficient (Wildman–Crippen LogP) is 2.06. The zero-order valence-corrected chi connectivity index (χ0v) is 13.9. The van der Waals surface area contributed by atoms with E-state index in [0.717, 1.165) is 42.4 Å². The molecule has 21 heavy (non-hydrogen) atoms. The van der Waals surface area contributed by atoms with Crippen molar-refractivity contribution >= 4 is 17.5 Å². The highest BCUT2D eigenvalue weighted by Gasteiger charge is 2.18. The van der Waals surface area contributed by atoms with E-state index in [1.165, 1.54) is 0 Å². The Hall–Kier alpha value is -1.85. The van der Waals surface area contributed by atoms with Gasteiger partial charge in [0.25, 0.3) is 0 Å².